The van der Waals surface area contributed by atoms with Gasteiger partial charge in [0, 0.05) is 44.3 Å². The summed E-state index contributed by atoms with van der Waals surface area (Å²) in [7, 11) is 1.95. The molecule has 22 heavy (non-hydrogen) atoms. The first-order chi connectivity index (χ1) is 10.7. The van der Waals surface area contributed by atoms with Gasteiger partial charge in [0.05, 0.1) is 18.6 Å². The van der Waals surface area contributed by atoms with Crippen LogP contribution in [-0.4, -0.2) is 41.4 Å². The lowest BCUT2D eigenvalue weighted by atomic mass is 9.76. The van der Waals surface area contributed by atoms with Crippen molar-refractivity contribution in [2.45, 2.75) is 44.6 Å². The van der Waals surface area contributed by atoms with Crippen LogP contribution in [0.2, 0.25) is 0 Å². The molecule has 1 unspecified atom stereocenters. The molecule has 1 saturated heterocycles. The number of hydrogen-bond donors (Lipinski definition) is 2. The number of nitrogens with zero attached hydrogens (tertiary/aromatic N) is 2. The topological polar surface area (TPSA) is 68.2 Å². The maximum Gasteiger partial charge on any atom is 0.315 e. The van der Waals surface area contributed by atoms with E-state index >= 15 is 0 Å². The summed E-state index contributed by atoms with van der Waals surface area (Å²) < 4.78 is 7.60. The quantitative estimate of drug-likeness (QED) is 0.888. The molecule has 1 saturated carbocycles. The molecule has 1 aromatic heterocycles. The highest BCUT2D eigenvalue weighted by Crippen LogP contribution is 2.44. The molecule has 6 heteroatoms. The van der Waals surface area contributed by atoms with Gasteiger partial charge in [-0.25, -0.2) is 9.78 Å². The molecule has 2 amide bonds. The molecular weight excluding hydrogens is 280 g/mol. The number of aromatic nitrogens is 2. The zero-order valence-electron chi connectivity index (χ0n) is 13.3. The number of amides is 2. The smallest absolute Gasteiger partial charge is 0.315 e. The summed E-state index contributed by atoms with van der Waals surface area (Å²) in [5, 5.41) is 6.14. The van der Waals surface area contributed by atoms with Crippen molar-refractivity contribution in [1.82, 2.24) is 20.2 Å². The van der Waals surface area contributed by atoms with Crippen molar-refractivity contribution >= 4 is 6.03 Å². The molecule has 1 spiro atoms. The Hall–Kier alpha value is -1.56. The van der Waals surface area contributed by atoms with Gasteiger partial charge in [0.15, 0.2) is 0 Å². The average Bonchev–Trinajstić information content (AvgIpc) is 3.12. The maximum absolute atomic E-state index is 12.2. The summed E-state index contributed by atoms with van der Waals surface area (Å²) in [4.78, 5) is 16.4. The van der Waals surface area contributed by atoms with Crippen molar-refractivity contribution in [1.29, 1.82) is 0 Å². The van der Waals surface area contributed by atoms with Gasteiger partial charge in [-0.1, -0.05) is 12.8 Å². The van der Waals surface area contributed by atoms with Gasteiger partial charge in [-0.05, 0) is 19.3 Å². The highest BCUT2D eigenvalue weighted by molar-refractivity contribution is 5.74. The van der Waals surface area contributed by atoms with Gasteiger partial charge < -0.3 is 19.9 Å². The van der Waals surface area contributed by atoms with Crippen LogP contribution in [0.1, 0.15) is 37.8 Å². The Morgan fingerprint density at radius 1 is 1.50 bits per heavy atom. The van der Waals surface area contributed by atoms with Crippen LogP contribution in [0.5, 0.6) is 0 Å². The van der Waals surface area contributed by atoms with Crippen LogP contribution in [-0.2, 0) is 18.2 Å². The SMILES string of the molecule is Cn1cnc(CCNC(=O)NC2CCOCC23CCCC3)c1. The third-order valence-electron chi connectivity index (χ3n) is 5.01. The van der Waals surface area contributed by atoms with Crippen LogP contribution in [0.15, 0.2) is 12.5 Å². The fraction of sp³-hybridized carbons (Fsp3) is 0.750. The molecule has 1 atom stereocenters. The lowest BCUT2D eigenvalue weighted by Crippen LogP contribution is -2.54. The van der Waals surface area contributed by atoms with Crippen LogP contribution < -0.4 is 10.6 Å². The van der Waals surface area contributed by atoms with Crippen LogP contribution in [0.25, 0.3) is 0 Å². The van der Waals surface area contributed by atoms with Gasteiger partial charge >= 0.3 is 6.03 Å². The fourth-order valence-corrected chi connectivity index (χ4v) is 3.79. The Balaban J connectivity index is 1.46. The number of rotatable bonds is 4. The molecule has 0 bridgehead atoms. The number of nitrogens with one attached hydrogen (secondary N) is 2. The number of imidazole rings is 1. The number of hydrogen-bond acceptors (Lipinski definition) is 3. The molecule has 0 aromatic carbocycles. The Morgan fingerprint density at radius 2 is 2.32 bits per heavy atom. The van der Waals surface area contributed by atoms with E-state index in [0.29, 0.717) is 6.54 Å². The second-order valence-corrected chi connectivity index (χ2v) is 6.64. The van der Waals surface area contributed by atoms with Crippen LogP contribution in [0.4, 0.5) is 4.79 Å². The predicted molar refractivity (Wildman–Crippen MR) is 83.6 cm³/mol. The predicted octanol–water partition coefficient (Wildman–Crippen LogP) is 1.61. The zero-order valence-corrected chi connectivity index (χ0v) is 13.3. The Morgan fingerprint density at radius 3 is 3.05 bits per heavy atom. The van der Waals surface area contributed by atoms with E-state index < -0.39 is 0 Å². The van der Waals surface area contributed by atoms with E-state index in [2.05, 4.69) is 15.6 Å². The van der Waals surface area contributed by atoms with Gasteiger partial charge in [-0.15, -0.1) is 0 Å². The molecule has 2 aliphatic rings. The zero-order chi connectivity index (χ0) is 15.4. The van der Waals surface area contributed by atoms with E-state index in [9.17, 15) is 4.79 Å². The van der Waals surface area contributed by atoms with Gasteiger partial charge in [0.25, 0.3) is 0 Å². The molecule has 1 aliphatic heterocycles. The first-order valence-corrected chi connectivity index (χ1v) is 8.27. The van der Waals surface area contributed by atoms with Crippen molar-refractivity contribution in [3.05, 3.63) is 18.2 Å². The number of carbonyl (C=O) groups excluding carboxylic acids is 1. The average molecular weight is 306 g/mol. The molecule has 122 valence electrons. The summed E-state index contributed by atoms with van der Waals surface area (Å²) in [6.45, 7) is 2.16. The van der Waals surface area contributed by atoms with E-state index in [-0.39, 0.29) is 17.5 Å². The molecule has 2 heterocycles. The van der Waals surface area contributed by atoms with Gasteiger partial charge in [-0.3, -0.25) is 0 Å². The molecule has 2 fully saturated rings. The molecular formula is C16H26N4O2. The number of ether oxygens (including phenoxy) is 1. The van der Waals surface area contributed by atoms with Crippen LogP contribution in [0, 0.1) is 5.41 Å². The minimum Gasteiger partial charge on any atom is -0.381 e. The van der Waals surface area contributed by atoms with Crippen molar-refractivity contribution in [3.63, 3.8) is 0 Å². The second kappa shape index (κ2) is 6.69. The van der Waals surface area contributed by atoms with Crippen molar-refractivity contribution in [2.24, 2.45) is 12.5 Å². The van der Waals surface area contributed by atoms with Crippen LogP contribution in [0.3, 0.4) is 0 Å². The molecule has 0 radical (unpaired) electrons. The van der Waals surface area contributed by atoms with E-state index in [0.717, 1.165) is 31.7 Å². The van der Waals surface area contributed by atoms with Gasteiger partial charge in [-0.2, -0.15) is 0 Å². The number of aryl methyl sites for hydroxylation is 1. The molecule has 2 N–H and O–H groups in total. The third-order valence-corrected chi connectivity index (χ3v) is 5.01. The van der Waals surface area contributed by atoms with Crippen molar-refractivity contribution in [2.75, 3.05) is 19.8 Å². The normalized spacial score (nSPS) is 23.6. The van der Waals surface area contributed by atoms with Crippen molar-refractivity contribution in [3.8, 4) is 0 Å². The van der Waals surface area contributed by atoms with E-state index in [4.69, 9.17) is 4.74 Å². The Kier molecular flexibility index (Phi) is 4.66. The monoisotopic (exact) mass is 306 g/mol. The summed E-state index contributed by atoms with van der Waals surface area (Å²) in [6, 6.07) is 0.188. The minimum absolute atomic E-state index is 0.0610. The number of urea groups is 1. The Bertz CT molecular complexity index is 508. The first-order valence-electron chi connectivity index (χ1n) is 8.27. The highest BCUT2D eigenvalue weighted by Gasteiger charge is 2.44. The third kappa shape index (κ3) is 3.43. The molecule has 1 aromatic rings. The standard InChI is InChI=1S/C16H26N4O2/c1-20-10-13(18-12-20)4-8-17-15(21)19-14-5-9-22-11-16(14)6-2-3-7-16/h10,12,14H,2-9,11H2,1H3,(H2,17,19,21). The largest absolute Gasteiger partial charge is 0.381 e. The molecule has 3 rings (SSSR count). The van der Waals surface area contributed by atoms with E-state index in [1.54, 1.807) is 6.33 Å². The summed E-state index contributed by atoms with van der Waals surface area (Å²) in [5.41, 5.74) is 1.18. The Labute approximate surface area is 131 Å². The van der Waals surface area contributed by atoms with Crippen molar-refractivity contribution < 1.29 is 9.53 Å². The summed E-state index contributed by atoms with van der Waals surface area (Å²) in [6.07, 6.45) is 10.3. The number of carbonyl (C=O) groups is 1. The van der Waals surface area contributed by atoms with E-state index in [1.165, 1.54) is 25.7 Å². The summed E-state index contributed by atoms with van der Waals surface area (Å²) in [5.74, 6) is 0. The maximum atomic E-state index is 12.2. The molecule has 1 aliphatic carbocycles. The molecule has 6 nitrogen and oxygen atoms in total. The minimum atomic E-state index is -0.0610. The second-order valence-electron chi connectivity index (χ2n) is 6.64. The van der Waals surface area contributed by atoms with Crippen LogP contribution >= 0.6 is 0 Å². The first kappa shape index (κ1) is 15.3. The van der Waals surface area contributed by atoms with Gasteiger partial charge in [0.1, 0.15) is 0 Å². The lowest BCUT2D eigenvalue weighted by Gasteiger charge is -2.41. The van der Waals surface area contributed by atoms with Gasteiger partial charge in [0.2, 0.25) is 0 Å². The lowest BCUT2D eigenvalue weighted by molar-refractivity contribution is -0.0263. The fourth-order valence-electron chi connectivity index (χ4n) is 3.79. The van der Waals surface area contributed by atoms with E-state index in [1.807, 2.05) is 17.8 Å². The summed E-state index contributed by atoms with van der Waals surface area (Å²) >= 11 is 0. The highest BCUT2D eigenvalue weighted by atomic mass is 16.5.